The molecule has 1 aromatic heterocycles. The lowest BCUT2D eigenvalue weighted by Gasteiger charge is -2.39. The van der Waals surface area contributed by atoms with E-state index in [1.807, 2.05) is 34.1 Å². The Morgan fingerprint density at radius 3 is 2.59 bits per heavy atom. The van der Waals surface area contributed by atoms with Crippen molar-refractivity contribution in [2.45, 2.75) is 46.1 Å². The van der Waals surface area contributed by atoms with Crippen LogP contribution in [-0.4, -0.2) is 83.1 Å². The van der Waals surface area contributed by atoms with Crippen molar-refractivity contribution in [3.8, 4) is 0 Å². The van der Waals surface area contributed by atoms with E-state index in [4.69, 9.17) is 11.6 Å². The molecule has 1 aliphatic carbocycles. The van der Waals surface area contributed by atoms with Gasteiger partial charge in [0.15, 0.2) is 0 Å². The SMILES string of the molecule is CCN(CC)CCN(Cc1cccc(Cl)c1)C(=O)N1CCN(c2ncnc3c2[C@H](C)CC3)CC1. The van der Waals surface area contributed by atoms with Crippen LogP contribution < -0.4 is 4.90 Å². The first-order valence-corrected chi connectivity index (χ1v) is 13.0. The number of likely N-dealkylation sites (N-methyl/N-ethyl adjacent to an activating group) is 1. The Hall–Kier alpha value is -2.38. The number of urea groups is 1. The van der Waals surface area contributed by atoms with Crippen LogP contribution in [0.2, 0.25) is 5.02 Å². The number of hydrogen-bond donors (Lipinski definition) is 0. The summed E-state index contributed by atoms with van der Waals surface area (Å²) in [5, 5.41) is 0.703. The van der Waals surface area contributed by atoms with Gasteiger partial charge >= 0.3 is 6.03 Å². The third-order valence-corrected chi connectivity index (χ3v) is 7.45. The maximum absolute atomic E-state index is 13.6. The summed E-state index contributed by atoms with van der Waals surface area (Å²) in [6.45, 7) is 13.7. The van der Waals surface area contributed by atoms with Gasteiger partial charge < -0.3 is 19.6 Å². The summed E-state index contributed by atoms with van der Waals surface area (Å²) in [5.41, 5.74) is 3.56. The Morgan fingerprint density at radius 2 is 1.88 bits per heavy atom. The molecule has 1 fully saturated rings. The summed E-state index contributed by atoms with van der Waals surface area (Å²) in [4.78, 5) is 31.4. The average Bonchev–Trinajstić information content (AvgIpc) is 3.24. The van der Waals surface area contributed by atoms with Gasteiger partial charge in [0.2, 0.25) is 0 Å². The van der Waals surface area contributed by atoms with Crippen LogP contribution in [0.15, 0.2) is 30.6 Å². The molecule has 0 N–H and O–H groups in total. The number of nitrogens with zero attached hydrogens (tertiary/aromatic N) is 6. The van der Waals surface area contributed by atoms with Crippen molar-refractivity contribution in [3.05, 3.63) is 52.4 Å². The largest absolute Gasteiger partial charge is 0.353 e. The summed E-state index contributed by atoms with van der Waals surface area (Å²) >= 11 is 6.22. The van der Waals surface area contributed by atoms with Crippen molar-refractivity contribution in [2.24, 2.45) is 0 Å². The van der Waals surface area contributed by atoms with Crippen LogP contribution in [0, 0.1) is 0 Å². The Labute approximate surface area is 208 Å². The lowest BCUT2D eigenvalue weighted by molar-refractivity contribution is 0.139. The maximum Gasteiger partial charge on any atom is 0.320 e. The average molecular weight is 485 g/mol. The van der Waals surface area contributed by atoms with E-state index in [1.165, 1.54) is 11.3 Å². The molecule has 34 heavy (non-hydrogen) atoms. The second-order valence-corrected chi connectivity index (χ2v) is 9.77. The van der Waals surface area contributed by atoms with E-state index in [-0.39, 0.29) is 6.03 Å². The zero-order chi connectivity index (χ0) is 24.1. The van der Waals surface area contributed by atoms with E-state index < -0.39 is 0 Å². The molecule has 1 atom stereocenters. The number of rotatable bonds is 8. The Balaban J connectivity index is 1.43. The molecular formula is C26H37ClN6O. The number of fused-ring (bicyclic) bond motifs is 1. The number of aromatic nitrogens is 2. The number of benzene rings is 1. The summed E-state index contributed by atoms with van der Waals surface area (Å²) in [7, 11) is 0. The van der Waals surface area contributed by atoms with Crippen LogP contribution in [0.3, 0.4) is 0 Å². The fraction of sp³-hybridized carbons (Fsp3) is 0.577. The van der Waals surface area contributed by atoms with Crippen LogP contribution in [-0.2, 0) is 13.0 Å². The minimum absolute atomic E-state index is 0.105. The highest BCUT2D eigenvalue weighted by molar-refractivity contribution is 6.30. The lowest BCUT2D eigenvalue weighted by atomic mass is 10.1. The van der Waals surface area contributed by atoms with Crippen molar-refractivity contribution in [2.75, 3.05) is 57.3 Å². The van der Waals surface area contributed by atoms with Gasteiger partial charge in [0, 0.05) is 62.1 Å². The predicted molar refractivity (Wildman–Crippen MR) is 138 cm³/mol. The minimum atomic E-state index is 0.105. The third-order valence-electron chi connectivity index (χ3n) is 7.22. The molecule has 2 amide bonds. The Kier molecular flexibility index (Phi) is 8.27. The predicted octanol–water partition coefficient (Wildman–Crippen LogP) is 4.27. The molecule has 7 nitrogen and oxygen atoms in total. The van der Waals surface area contributed by atoms with Crippen LogP contribution in [0.4, 0.5) is 10.6 Å². The normalized spacial score (nSPS) is 17.9. The number of carbonyl (C=O) groups excluding carboxylic acids is 1. The molecule has 0 bridgehead atoms. The van der Waals surface area contributed by atoms with E-state index >= 15 is 0 Å². The van der Waals surface area contributed by atoms with Crippen molar-refractivity contribution < 1.29 is 4.79 Å². The molecule has 2 aromatic rings. The number of aryl methyl sites for hydroxylation is 1. The molecule has 1 aliphatic heterocycles. The molecule has 0 saturated carbocycles. The molecule has 1 saturated heterocycles. The van der Waals surface area contributed by atoms with Gasteiger partial charge in [-0.25, -0.2) is 14.8 Å². The topological polar surface area (TPSA) is 55.8 Å². The summed E-state index contributed by atoms with van der Waals surface area (Å²) in [5.74, 6) is 1.57. The van der Waals surface area contributed by atoms with Gasteiger partial charge in [0.1, 0.15) is 12.1 Å². The monoisotopic (exact) mass is 484 g/mol. The second kappa shape index (κ2) is 11.4. The summed E-state index contributed by atoms with van der Waals surface area (Å²) < 4.78 is 0. The Bertz CT molecular complexity index is 974. The molecule has 2 heterocycles. The van der Waals surface area contributed by atoms with Crippen LogP contribution >= 0.6 is 11.6 Å². The number of anilines is 1. The quantitative estimate of drug-likeness (QED) is 0.560. The number of amides is 2. The molecule has 2 aliphatic rings. The molecule has 0 radical (unpaired) electrons. The zero-order valence-corrected chi connectivity index (χ0v) is 21.5. The van der Waals surface area contributed by atoms with Crippen molar-refractivity contribution >= 4 is 23.4 Å². The first-order valence-electron chi connectivity index (χ1n) is 12.6. The number of halogens is 1. The first kappa shape index (κ1) is 24.7. The summed E-state index contributed by atoms with van der Waals surface area (Å²) in [6.07, 6.45) is 3.88. The van der Waals surface area contributed by atoms with Crippen molar-refractivity contribution in [1.82, 2.24) is 24.7 Å². The van der Waals surface area contributed by atoms with Crippen molar-refractivity contribution in [3.63, 3.8) is 0 Å². The smallest absolute Gasteiger partial charge is 0.320 e. The van der Waals surface area contributed by atoms with Gasteiger partial charge in [-0.3, -0.25) is 0 Å². The van der Waals surface area contributed by atoms with Gasteiger partial charge in [-0.05, 0) is 49.5 Å². The molecule has 184 valence electrons. The number of carbonyl (C=O) groups is 1. The van der Waals surface area contributed by atoms with Gasteiger partial charge in [0.25, 0.3) is 0 Å². The lowest BCUT2D eigenvalue weighted by Crippen LogP contribution is -2.54. The fourth-order valence-electron chi connectivity index (χ4n) is 5.08. The van der Waals surface area contributed by atoms with Gasteiger partial charge in [0.05, 0.1) is 0 Å². The van der Waals surface area contributed by atoms with E-state index in [1.54, 1.807) is 6.33 Å². The maximum atomic E-state index is 13.6. The van der Waals surface area contributed by atoms with Crippen LogP contribution in [0.5, 0.6) is 0 Å². The molecule has 1 aromatic carbocycles. The van der Waals surface area contributed by atoms with Crippen LogP contribution in [0.1, 0.15) is 49.9 Å². The van der Waals surface area contributed by atoms with E-state index in [0.29, 0.717) is 37.1 Å². The third kappa shape index (κ3) is 5.63. The highest BCUT2D eigenvalue weighted by Crippen LogP contribution is 2.37. The molecule has 8 heteroatoms. The molecular weight excluding hydrogens is 448 g/mol. The standard InChI is InChI=1S/C26H37ClN6O/c1-4-30(5-2)11-12-33(18-21-7-6-8-22(27)17-21)26(34)32-15-13-31(14-16-32)25-24-20(3)9-10-23(24)28-19-29-25/h6-8,17,19-20H,4-5,9-16,18H2,1-3H3/t20-/m1/s1. The molecule has 0 spiro atoms. The number of piperazine rings is 1. The number of hydrogen-bond acceptors (Lipinski definition) is 5. The zero-order valence-electron chi connectivity index (χ0n) is 20.7. The van der Waals surface area contributed by atoms with E-state index in [2.05, 4.69) is 40.5 Å². The van der Waals surface area contributed by atoms with Crippen molar-refractivity contribution in [1.29, 1.82) is 0 Å². The highest BCUT2D eigenvalue weighted by atomic mass is 35.5. The summed E-state index contributed by atoms with van der Waals surface area (Å²) in [6, 6.07) is 7.92. The molecule has 0 unspecified atom stereocenters. The second-order valence-electron chi connectivity index (χ2n) is 9.33. The van der Waals surface area contributed by atoms with E-state index in [9.17, 15) is 4.79 Å². The molecule has 4 rings (SSSR count). The first-order chi connectivity index (χ1) is 16.5. The Morgan fingerprint density at radius 1 is 1.12 bits per heavy atom. The van der Waals surface area contributed by atoms with Gasteiger partial charge in [-0.1, -0.05) is 44.5 Å². The fourth-order valence-corrected chi connectivity index (χ4v) is 5.30. The van der Waals surface area contributed by atoms with Crippen LogP contribution in [0.25, 0.3) is 0 Å². The van der Waals surface area contributed by atoms with Gasteiger partial charge in [-0.2, -0.15) is 0 Å². The minimum Gasteiger partial charge on any atom is -0.353 e. The van der Waals surface area contributed by atoms with Gasteiger partial charge in [-0.15, -0.1) is 0 Å². The highest BCUT2D eigenvalue weighted by Gasteiger charge is 2.30. The van der Waals surface area contributed by atoms with E-state index in [0.717, 1.165) is 56.9 Å².